The van der Waals surface area contributed by atoms with Crippen LogP contribution in [0.15, 0.2) is 0 Å². The zero-order valence-corrected chi connectivity index (χ0v) is 16.4. The van der Waals surface area contributed by atoms with E-state index in [0.717, 1.165) is 31.8 Å². The molecule has 2 bridgehead atoms. The van der Waals surface area contributed by atoms with Crippen molar-refractivity contribution in [1.82, 2.24) is 20.2 Å². The molecule has 0 aromatic heterocycles. The second-order valence-corrected chi connectivity index (χ2v) is 10.2. The molecule has 2 atom stereocenters. The highest BCUT2D eigenvalue weighted by Crippen LogP contribution is 2.49. The molecule has 3 aliphatic heterocycles. The van der Waals surface area contributed by atoms with Crippen molar-refractivity contribution in [2.75, 3.05) is 26.2 Å². The van der Waals surface area contributed by atoms with Gasteiger partial charge >= 0.3 is 16.4 Å². The minimum atomic E-state index is -4.77. The highest BCUT2D eigenvalue weighted by atomic mass is 32.3. The Balaban J connectivity index is 1.12. The number of hydrogen-bond acceptors (Lipinski definition) is 6. The Labute approximate surface area is 164 Å². The first kappa shape index (κ1) is 18.6. The molecule has 5 aliphatic rings. The van der Waals surface area contributed by atoms with E-state index in [4.69, 9.17) is 4.55 Å². The van der Waals surface area contributed by atoms with E-state index < -0.39 is 28.5 Å². The van der Waals surface area contributed by atoms with Gasteiger partial charge in [0.1, 0.15) is 6.04 Å². The first-order valence-electron chi connectivity index (χ1n) is 10.0. The zero-order chi connectivity index (χ0) is 19.7. The van der Waals surface area contributed by atoms with Gasteiger partial charge in [-0.05, 0) is 49.9 Å². The second-order valence-electron chi connectivity index (χ2n) is 9.24. The van der Waals surface area contributed by atoms with Gasteiger partial charge in [-0.25, -0.2) is 4.79 Å². The summed E-state index contributed by atoms with van der Waals surface area (Å²) in [6.07, 6.45) is 5.60. The van der Waals surface area contributed by atoms with Crippen LogP contribution < -0.4 is 5.32 Å². The lowest BCUT2D eigenvalue weighted by Crippen LogP contribution is -2.67. The van der Waals surface area contributed by atoms with Gasteiger partial charge in [0.25, 0.3) is 0 Å². The van der Waals surface area contributed by atoms with Gasteiger partial charge in [0, 0.05) is 32.2 Å². The highest BCUT2D eigenvalue weighted by Gasteiger charge is 2.54. The van der Waals surface area contributed by atoms with Crippen LogP contribution in [0.5, 0.6) is 0 Å². The molecule has 28 heavy (non-hydrogen) atoms. The number of rotatable bonds is 6. The number of fused-ring (bicyclic) bond motifs is 2. The summed E-state index contributed by atoms with van der Waals surface area (Å²) in [7, 11) is -4.77. The molecule has 3 heterocycles. The Morgan fingerprint density at radius 2 is 1.93 bits per heavy atom. The third-order valence-corrected chi connectivity index (χ3v) is 7.19. The molecule has 156 valence electrons. The van der Waals surface area contributed by atoms with Crippen molar-refractivity contribution in [2.45, 2.75) is 56.7 Å². The maximum atomic E-state index is 12.7. The highest BCUT2D eigenvalue weighted by molar-refractivity contribution is 7.80. The Morgan fingerprint density at radius 1 is 1.21 bits per heavy atom. The molecule has 2 saturated carbocycles. The standard InChI is InChI=1S/C17H26N4O6S/c22-15(18-12-5-17(6-12)9-19(10-17)7-11-1-2-11)14-4-3-13-8-20(14)16(23)21(13)27-28(24,25)26/h11-14H,1-10H2,(H,18,22)(H,24,25,26)/t13-,14-/m1/s1. The summed E-state index contributed by atoms with van der Waals surface area (Å²) in [5, 5.41) is 3.74. The molecule has 0 unspecified atom stereocenters. The summed E-state index contributed by atoms with van der Waals surface area (Å²) >= 11 is 0. The van der Waals surface area contributed by atoms with Crippen LogP contribution in [0, 0.1) is 11.3 Å². The normalized spacial score (nSPS) is 32.4. The molecule has 10 nitrogen and oxygen atoms in total. The first-order chi connectivity index (χ1) is 13.2. The number of nitrogens with zero attached hydrogens (tertiary/aromatic N) is 3. The Hall–Kier alpha value is -1.43. The van der Waals surface area contributed by atoms with Crippen molar-refractivity contribution in [1.29, 1.82) is 0 Å². The topological polar surface area (TPSA) is 119 Å². The van der Waals surface area contributed by atoms with E-state index in [-0.39, 0.29) is 18.5 Å². The lowest BCUT2D eigenvalue weighted by molar-refractivity contribution is -0.132. The molecule has 2 aliphatic carbocycles. The Kier molecular flexibility index (Phi) is 4.17. The molecule has 3 saturated heterocycles. The van der Waals surface area contributed by atoms with Crippen LogP contribution in [-0.2, 0) is 19.5 Å². The van der Waals surface area contributed by atoms with Crippen molar-refractivity contribution < 1.29 is 26.8 Å². The van der Waals surface area contributed by atoms with E-state index >= 15 is 0 Å². The van der Waals surface area contributed by atoms with Gasteiger partial charge in [0.15, 0.2) is 0 Å². The van der Waals surface area contributed by atoms with Gasteiger partial charge in [0.2, 0.25) is 5.91 Å². The number of hydrogen-bond donors (Lipinski definition) is 2. The molecule has 0 aromatic carbocycles. The van der Waals surface area contributed by atoms with Gasteiger partial charge in [-0.3, -0.25) is 9.35 Å². The van der Waals surface area contributed by atoms with Gasteiger partial charge < -0.3 is 15.1 Å². The molecule has 1 spiro atoms. The molecule has 0 radical (unpaired) electrons. The molecule has 5 fully saturated rings. The predicted octanol–water partition coefficient (Wildman–Crippen LogP) is -0.0200. The van der Waals surface area contributed by atoms with Crippen molar-refractivity contribution in [3.63, 3.8) is 0 Å². The lowest BCUT2D eigenvalue weighted by Gasteiger charge is -2.59. The van der Waals surface area contributed by atoms with Crippen LogP contribution >= 0.6 is 0 Å². The average molecular weight is 414 g/mol. The molecular formula is C17H26N4O6S. The van der Waals surface area contributed by atoms with Crippen molar-refractivity contribution in [2.24, 2.45) is 11.3 Å². The number of carbonyl (C=O) groups excluding carboxylic acids is 2. The number of urea groups is 1. The van der Waals surface area contributed by atoms with Crippen LogP contribution in [0.25, 0.3) is 0 Å². The maximum Gasteiger partial charge on any atom is 0.418 e. The lowest BCUT2D eigenvalue weighted by atomic mass is 9.60. The van der Waals surface area contributed by atoms with E-state index in [1.54, 1.807) is 0 Å². The number of amides is 3. The van der Waals surface area contributed by atoms with Crippen LogP contribution in [0.1, 0.15) is 38.5 Å². The number of likely N-dealkylation sites (tertiary alicyclic amines) is 1. The summed E-state index contributed by atoms with van der Waals surface area (Å²) in [5.41, 5.74) is 0.369. The van der Waals surface area contributed by atoms with Crippen LogP contribution in [-0.4, -0.2) is 84.1 Å². The first-order valence-corrected chi connectivity index (χ1v) is 11.4. The van der Waals surface area contributed by atoms with E-state index in [9.17, 15) is 18.0 Å². The Bertz CT molecular complexity index is 785. The number of piperidine rings is 1. The maximum absolute atomic E-state index is 12.7. The molecular weight excluding hydrogens is 388 g/mol. The van der Waals surface area contributed by atoms with Crippen LogP contribution in [0.3, 0.4) is 0 Å². The summed E-state index contributed by atoms with van der Waals surface area (Å²) in [6.45, 7) is 3.71. The van der Waals surface area contributed by atoms with Crippen molar-refractivity contribution in [3.8, 4) is 0 Å². The average Bonchev–Trinajstić information content (AvgIpc) is 3.34. The summed E-state index contributed by atoms with van der Waals surface area (Å²) in [5.74, 6) is 0.722. The van der Waals surface area contributed by atoms with E-state index in [1.807, 2.05) is 0 Å². The second kappa shape index (κ2) is 6.28. The summed E-state index contributed by atoms with van der Waals surface area (Å²) in [4.78, 5) is 29.0. The SMILES string of the molecule is O=C(NC1CC2(C1)CN(CC1CC1)C2)[C@H]1CC[C@@H]2CN1C(=O)N2OS(=O)(=O)O. The van der Waals surface area contributed by atoms with Crippen molar-refractivity contribution >= 4 is 22.3 Å². The monoisotopic (exact) mass is 414 g/mol. The van der Waals surface area contributed by atoms with Crippen molar-refractivity contribution in [3.05, 3.63) is 0 Å². The Morgan fingerprint density at radius 3 is 2.57 bits per heavy atom. The van der Waals surface area contributed by atoms with Crippen LogP contribution in [0.2, 0.25) is 0 Å². The third-order valence-electron chi connectivity index (χ3n) is 6.84. The minimum Gasteiger partial charge on any atom is -0.352 e. The van der Waals surface area contributed by atoms with Gasteiger partial charge in [-0.2, -0.15) is 13.5 Å². The summed E-state index contributed by atoms with van der Waals surface area (Å²) in [6, 6.07) is -1.64. The molecule has 3 amide bonds. The third kappa shape index (κ3) is 3.38. The molecule has 11 heteroatoms. The number of nitrogens with one attached hydrogen (secondary N) is 1. The largest absolute Gasteiger partial charge is 0.418 e. The zero-order valence-electron chi connectivity index (χ0n) is 15.6. The van der Waals surface area contributed by atoms with Gasteiger partial charge in [0.05, 0.1) is 6.04 Å². The smallest absolute Gasteiger partial charge is 0.352 e. The fourth-order valence-electron chi connectivity index (χ4n) is 5.44. The molecule has 2 N–H and O–H groups in total. The van der Waals surface area contributed by atoms with E-state index in [0.29, 0.717) is 23.3 Å². The quantitative estimate of drug-likeness (QED) is 0.586. The molecule has 5 rings (SSSR count). The van der Waals surface area contributed by atoms with E-state index in [2.05, 4.69) is 14.5 Å². The number of hydroxylamine groups is 2. The fourth-order valence-corrected chi connectivity index (χ4v) is 5.83. The van der Waals surface area contributed by atoms with Crippen LogP contribution in [0.4, 0.5) is 4.79 Å². The summed E-state index contributed by atoms with van der Waals surface area (Å²) < 4.78 is 35.1. The van der Waals surface area contributed by atoms with Gasteiger partial charge in [-0.15, -0.1) is 4.28 Å². The van der Waals surface area contributed by atoms with Gasteiger partial charge in [-0.1, -0.05) is 0 Å². The fraction of sp³-hybridized carbons (Fsp3) is 0.882. The predicted molar refractivity (Wildman–Crippen MR) is 96.1 cm³/mol. The number of carbonyl (C=O) groups is 2. The minimum absolute atomic E-state index is 0.149. The molecule has 0 aromatic rings. The van der Waals surface area contributed by atoms with E-state index in [1.165, 1.54) is 24.3 Å².